The van der Waals surface area contributed by atoms with Gasteiger partial charge in [-0.2, -0.15) is 0 Å². The maximum atomic E-state index is 4.22. The molecule has 100 valence electrons. The Balaban J connectivity index is 1.94. The highest BCUT2D eigenvalue weighted by Gasteiger charge is 2.26. The second-order valence-corrected chi connectivity index (χ2v) is 5.98. The number of rotatable bonds is 4. The SMILES string of the molecule is Cc1ccncc1CNC1CCCCC1C(C)C. The van der Waals surface area contributed by atoms with Crippen molar-refractivity contribution in [2.75, 3.05) is 0 Å². The maximum Gasteiger partial charge on any atom is 0.0315 e. The third-order valence-corrected chi connectivity index (χ3v) is 4.38. The molecule has 0 saturated heterocycles. The van der Waals surface area contributed by atoms with Gasteiger partial charge in [-0.3, -0.25) is 4.98 Å². The Morgan fingerprint density at radius 3 is 2.83 bits per heavy atom. The lowest BCUT2D eigenvalue weighted by Gasteiger charge is -2.35. The van der Waals surface area contributed by atoms with Gasteiger partial charge in [-0.05, 0) is 48.8 Å². The summed E-state index contributed by atoms with van der Waals surface area (Å²) in [5.41, 5.74) is 2.68. The van der Waals surface area contributed by atoms with E-state index in [9.17, 15) is 0 Å². The molecule has 2 nitrogen and oxygen atoms in total. The highest BCUT2D eigenvalue weighted by Crippen LogP contribution is 2.30. The normalized spacial score (nSPS) is 24.4. The predicted molar refractivity (Wildman–Crippen MR) is 76.4 cm³/mol. The summed E-state index contributed by atoms with van der Waals surface area (Å²) in [6, 6.07) is 2.79. The number of pyridine rings is 1. The van der Waals surface area contributed by atoms with Crippen LogP contribution in [-0.4, -0.2) is 11.0 Å². The zero-order chi connectivity index (χ0) is 13.0. The molecule has 2 heteroatoms. The van der Waals surface area contributed by atoms with Crippen LogP contribution in [0, 0.1) is 18.8 Å². The number of aromatic nitrogens is 1. The highest BCUT2D eigenvalue weighted by atomic mass is 14.9. The van der Waals surface area contributed by atoms with E-state index >= 15 is 0 Å². The Labute approximate surface area is 111 Å². The Bertz CT molecular complexity index is 373. The summed E-state index contributed by atoms with van der Waals surface area (Å²) in [6.07, 6.45) is 9.38. The minimum absolute atomic E-state index is 0.693. The van der Waals surface area contributed by atoms with Gasteiger partial charge < -0.3 is 5.32 Å². The van der Waals surface area contributed by atoms with Crippen molar-refractivity contribution in [3.63, 3.8) is 0 Å². The monoisotopic (exact) mass is 246 g/mol. The van der Waals surface area contributed by atoms with Crippen molar-refractivity contribution in [2.24, 2.45) is 11.8 Å². The van der Waals surface area contributed by atoms with Gasteiger partial charge in [0.25, 0.3) is 0 Å². The van der Waals surface area contributed by atoms with Gasteiger partial charge >= 0.3 is 0 Å². The summed E-state index contributed by atoms with van der Waals surface area (Å²) in [4.78, 5) is 4.22. The summed E-state index contributed by atoms with van der Waals surface area (Å²) in [5, 5.41) is 3.77. The average molecular weight is 246 g/mol. The molecule has 1 aromatic rings. The molecule has 0 spiro atoms. The van der Waals surface area contributed by atoms with Gasteiger partial charge in [0, 0.05) is 25.0 Å². The molecule has 0 amide bonds. The minimum Gasteiger partial charge on any atom is -0.310 e. The van der Waals surface area contributed by atoms with Crippen LogP contribution in [0.1, 0.15) is 50.7 Å². The van der Waals surface area contributed by atoms with Crippen LogP contribution < -0.4 is 5.32 Å². The van der Waals surface area contributed by atoms with Crippen molar-refractivity contribution in [1.29, 1.82) is 0 Å². The maximum absolute atomic E-state index is 4.22. The standard InChI is InChI=1S/C16H26N2/c1-12(2)15-6-4-5-7-16(15)18-11-14-10-17-9-8-13(14)3/h8-10,12,15-16,18H,4-7,11H2,1-3H3. The van der Waals surface area contributed by atoms with Gasteiger partial charge in [-0.1, -0.05) is 26.7 Å². The second kappa shape index (κ2) is 6.33. The van der Waals surface area contributed by atoms with Crippen molar-refractivity contribution in [3.05, 3.63) is 29.6 Å². The molecule has 0 aliphatic heterocycles. The average Bonchev–Trinajstić information content (AvgIpc) is 2.38. The van der Waals surface area contributed by atoms with Crippen LogP contribution >= 0.6 is 0 Å². The van der Waals surface area contributed by atoms with Crippen LogP contribution in [-0.2, 0) is 6.54 Å². The van der Waals surface area contributed by atoms with Gasteiger partial charge in [0.2, 0.25) is 0 Å². The van der Waals surface area contributed by atoms with Gasteiger partial charge in [0.1, 0.15) is 0 Å². The highest BCUT2D eigenvalue weighted by molar-refractivity contribution is 5.21. The number of aryl methyl sites for hydroxylation is 1. The molecule has 2 unspecified atom stereocenters. The summed E-state index contributed by atoms with van der Waals surface area (Å²) >= 11 is 0. The Hall–Kier alpha value is -0.890. The Kier molecular flexibility index (Phi) is 4.76. The fourth-order valence-electron chi connectivity index (χ4n) is 3.13. The first-order valence-electron chi connectivity index (χ1n) is 7.31. The molecule has 18 heavy (non-hydrogen) atoms. The third-order valence-electron chi connectivity index (χ3n) is 4.38. The third kappa shape index (κ3) is 3.32. The molecule has 0 aromatic carbocycles. The molecule has 1 fully saturated rings. The molecular formula is C16H26N2. The molecule has 2 rings (SSSR count). The topological polar surface area (TPSA) is 24.9 Å². The molecule has 0 radical (unpaired) electrons. The molecule has 1 saturated carbocycles. The fourth-order valence-corrected chi connectivity index (χ4v) is 3.13. The lowest BCUT2D eigenvalue weighted by Crippen LogP contribution is -2.40. The first-order chi connectivity index (χ1) is 8.68. The zero-order valence-electron chi connectivity index (χ0n) is 11.9. The first-order valence-corrected chi connectivity index (χ1v) is 7.31. The van der Waals surface area contributed by atoms with E-state index in [0.29, 0.717) is 6.04 Å². The van der Waals surface area contributed by atoms with Crippen LogP contribution in [0.25, 0.3) is 0 Å². The van der Waals surface area contributed by atoms with Gasteiger partial charge in [-0.15, -0.1) is 0 Å². The van der Waals surface area contributed by atoms with Crippen molar-refractivity contribution >= 4 is 0 Å². The Morgan fingerprint density at radius 2 is 2.11 bits per heavy atom. The van der Waals surface area contributed by atoms with E-state index < -0.39 is 0 Å². The smallest absolute Gasteiger partial charge is 0.0315 e. The lowest BCUT2D eigenvalue weighted by molar-refractivity contribution is 0.204. The van der Waals surface area contributed by atoms with Crippen LogP contribution in [0.5, 0.6) is 0 Å². The summed E-state index contributed by atoms with van der Waals surface area (Å²) < 4.78 is 0. The molecule has 1 N–H and O–H groups in total. The van der Waals surface area contributed by atoms with E-state index in [4.69, 9.17) is 0 Å². The minimum atomic E-state index is 0.693. The molecule has 0 bridgehead atoms. The van der Waals surface area contributed by atoms with E-state index in [1.54, 1.807) is 0 Å². The summed E-state index contributed by atoms with van der Waals surface area (Å²) in [6.45, 7) is 7.85. The molecule has 1 aliphatic rings. The molecule has 1 heterocycles. The van der Waals surface area contributed by atoms with E-state index in [1.807, 2.05) is 12.4 Å². The number of hydrogen-bond donors (Lipinski definition) is 1. The van der Waals surface area contributed by atoms with Crippen molar-refractivity contribution in [3.8, 4) is 0 Å². The molecular weight excluding hydrogens is 220 g/mol. The summed E-state index contributed by atoms with van der Waals surface area (Å²) in [7, 11) is 0. The lowest BCUT2D eigenvalue weighted by atomic mass is 9.78. The molecule has 2 atom stereocenters. The quantitative estimate of drug-likeness (QED) is 0.876. The Morgan fingerprint density at radius 1 is 1.33 bits per heavy atom. The van der Waals surface area contributed by atoms with Crippen LogP contribution in [0.4, 0.5) is 0 Å². The van der Waals surface area contributed by atoms with Gasteiger partial charge in [-0.25, -0.2) is 0 Å². The number of hydrogen-bond acceptors (Lipinski definition) is 2. The van der Waals surface area contributed by atoms with E-state index in [2.05, 4.69) is 37.1 Å². The van der Waals surface area contributed by atoms with Gasteiger partial charge in [0.15, 0.2) is 0 Å². The van der Waals surface area contributed by atoms with Crippen LogP contribution in [0.2, 0.25) is 0 Å². The number of nitrogens with one attached hydrogen (secondary N) is 1. The van der Waals surface area contributed by atoms with E-state index in [0.717, 1.165) is 18.4 Å². The summed E-state index contributed by atoms with van der Waals surface area (Å²) in [5.74, 6) is 1.63. The predicted octanol–water partition coefficient (Wildman–Crippen LogP) is 3.69. The van der Waals surface area contributed by atoms with E-state index in [1.165, 1.54) is 36.8 Å². The zero-order valence-corrected chi connectivity index (χ0v) is 11.9. The largest absolute Gasteiger partial charge is 0.310 e. The number of nitrogens with zero attached hydrogens (tertiary/aromatic N) is 1. The van der Waals surface area contributed by atoms with Gasteiger partial charge in [0.05, 0.1) is 0 Å². The van der Waals surface area contributed by atoms with Crippen LogP contribution in [0.3, 0.4) is 0 Å². The first kappa shape index (κ1) is 13.5. The van der Waals surface area contributed by atoms with Crippen molar-refractivity contribution < 1.29 is 0 Å². The fraction of sp³-hybridized carbons (Fsp3) is 0.688. The van der Waals surface area contributed by atoms with Crippen LogP contribution in [0.15, 0.2) is 18.5 Å². The van der Waals surface area contributed by atoms with Crippen molar-refractivity contribution in [1.82, 2.24) is 10.3 Å². The second-order valence-electron chi connectivity index (χ2n) is 5.98. The van der Waals surface area contributed by atoms with E-state index in [-0.39, 0.29) is 0 Å². The molecule has 1 aromatic heterocycles. The molecule has 1 aliphatic carbocycles. The van der Waals surface area contributed by atoms with Crippen molar-refractivity contribution in [2.45, 2.75) is 59.0 Å².